The Labute approximate surface area is 91.0 Å². The fourth-order valence-corrected chi connectivity index (χ4v) is 3.79. The highest BCUT2D eigenvalue weighted by atomic mass is 32.2. The highest BCUT2D eigenvalue weighted by Gasteiger charge is 2.25. The van der Waals surface area contributed by atoms with Crippen LogP contribution in [0.2, 0.25) is 0 Å². The minimum Gasteiger partial charge on any atom is -0.381 e. The van der Waals surface area contributed by atoms with Crippen LogP contribution in [-0.2, 0) is 4.74 Å². The fraction of sp³-hybridized carbons (Fsp3) is 1.00. The molecule has 3 heteroatoms. The predicted octanol–water partition coefficient (Wildman–Crippen LogP) is 2.03. The van der Waals surface area contributed by atoms with E-state index >= 15 is 0 Å². The molecule has 2 heterocycles. The van der Waals surface area contributed by atoms with Gasteiger partial charge in [0, 0.05) is 24.5 Å². The second-order valence-electron chi connectivity index (χ2n) is 4.51. The van der Waals surface area contributed by atoms with Crippen molar-refractivity contribution in [3.8, 4) is 0 Å². The number of rotatable bonds is 3. The van der Waals surface area contributed by atoms with E-state index in [0.29, 0.717) is 6.04 Å². The van der Waals surface area contributed by atoms with Crippen LogP contribution >= 0.6 is 11.8 Å². The van der Waals surface area contributed by atoms with Gasteiger partial charge in [-0.2, -0.15) is 11.8 Å². The summed E-state index contributed by atoms with van der Waals surface area (Å²) in [5.74, 6) is 2.16. The van der Waals surface area contributed by atoms with E-state index in [1.54, 1.807) is 0 Å². The van der Waals surface area contributed by atoms with Crippen molar-refractivity contribution in [2.24, 2.45) is 11.7 Å². The first-order valence-electron chi connectivity index (χ1n) is 5.81. The molecule has 14 heavy (non-hydrogen) atoms. The van der Waals surface area contributed by atoms with Crippen LogP contribution in [-0.4, -0.2) is 30.3 Å². The summed E-state index contributed by atoms with van der Waals surface area (Å²) in [5, 5.41) is 0.748. The second kappa shape index (κ2) is 5.38. The molecule has 0 amide bonds. The number of thioether (sulfide) groups is 1. The van der Waals surface area contributed by atoms with Crippen LogP contribution in [0, 0.1) is 5.92 Å². The third kappa shape index (κ3) is 2.88. The van der Waals surface area contributed by atoms with E-state index in [1.807, 2.05) is 0 Å². The van der Waals surface area contributed by atoms with Gasteiger partial charge in [-0.15, -0.1) is 0 Å². The van der Waals surface area contributed by atoms with E-state index in [4.69, 9.17) is 10.5 Å². The van der Waals surface area contributed by atoms with Crippen LogP contribution in [0.3, 0.4) is 0 Å². The van der Waals surface area contributed by atoms with Crippen molar-refractivity contribution in [3.63, 3.8) is 0 Å². The molecule has 2 atom stereocenters. The van der Waals surface area contributed by atoms with E-state index in [1.165, 1.54) is 37.9 Å². The molecule has 0 spiro atoms. The molecule has 0 bridgehead atoms. The maximum atomic E-state index is 6.25. The van der Waals surface area contributed by atoms with Crippen LogP contribution in [0.4, 0.5) is 0 Å². The molecule has 2 nitrogen and oxygen atoms in total. The molecule has 2 aliphatic rings. The average molecular weight is 215 g/mol. The highest BCUT2D eigenvalue weighted by molar-refractivity contribution is 8.00. The van der Waals surface area contributed by atoms with Crippen LogP contribution < -0.4 is 5.73 Å². The molecular weight excluding hydrogens is 194 g/mol. The topological polar surface area (TPSA) is 35.2 Å². The summed E-state index contributed by atoms with van der Waals surface area (Å²) in [6.07, 6.45) is 6.39. The second-order valence-corrected chi connectivity index (χ2v) is 5.85. The van der Waals surface area contributed by atoms with E-state index < -0.39 is 0 Å². The van der Waals surface area contributed by atoms with Crippen molar-refractivity contribution in [3.05, 3.63) is 0 Å². The van der Waals surface area contributed by atoms with Crippen molar-refractivity contribution < 1.29 is 4.74 Å². The van der Waals surface area contributed by atoms with Gasteiger partial charge in [0.1, 0.15) is 0 Å². The first kappa shape index (κ1) is 10.8. The summed E-state index contributed by atoms with van der Waals surface area (Å²) in [5.41, 5.74) is 6.25. The lowest BCUT2D eigenvalue weighted by atomic mass is 9.91. The summed E-state index contributed by atoms with van der Waals surface area (Å²) in [6.45, 7) is 1.91. The summed E-state index contributed by atoms with van der Waals surface area (Å²) in [7, 11) is 0. The van der Waals surface area contributed by atoms with Gasteiger partial charge >= 0.3 is 0 Å². The van der Waals surface area contributed by atoms with Gasteiger partial charge in [-0.1, -0.05) is 0 Å². The molecule has 0 aromatic heterocycles. The van der Waals surface area contributed by atoms with Crippen molar-refractivity contribution in [2.75, 3.05) is 19.0 Å². The Bertz CT molecular complexity index is 165. The Kier molecular flexibility index (Phi) is 4.14. The third-order valence-corrected chi connectivity index (χ3v) is 4.93. The number of nitrogens with two attached hydrogens (primary N) is 1. The lowest BCUT2D eigenvalue weighted by Crippen LogP contribution is -2.34. The zero-order valence-electron chi connectivity index (χ0n) is 8.78. The minimum atomic E-state index is 0.436. The summed E-state index contributed by atoms with van der Waals surface area (Å²) >= 11 is 2.08. The molecule has 0 aliphatic carbocycles. The van der Waals surface area contributed by atoms with Crippen LogP contribution in [0.25, 0.3) is 0 Å². The van der Waals surface area contributed by atoms with Crippen LogP contribution in [0.1, 0.15) is 32.1 Å². The zero-order valence-corrected chi connectivity index (χ0v) is 9.60. The zero-order chi connectivity index (χ0) is 9.80. The Morgan fingerprint density at radius 2 is 2.07 bits per heavy atom. The molecule has 2 N–H and O–H groups in total. The van der Waals surface area contributed by atoms with Gasteiger partial charge in [0.2, 0.25) is 0 Å². The Morgan fingerprint density at radius 3 is 2.71 bits per heavy atom. The van der Waals surface area contributed by atoms with E-state index in [2.05, 4.69) is 11.8 Å². The maximum Gasteiger partial charge on any atom is 0.0468 e. The van der Waals surface area contributed by atoms with Crippen molar-refractivity contribution in [2.45, 2.75) is 43.4 Å². The molecule has 82 valence electrons. The molecule has 0 aromatic rings. The number of hydrogen-bond donors (Lipinski definition) is 1. The normalized spacial score (nSPS) is 31.9. The van der Waals surface area contributed by atoms with Crippen molar-refractivity contribution in [1.29, 1.82) is 0 Å². The molecule has 2 saturated heterocycles. The molecule has 2 rings (SSSR count). The van der Waals surface area contributed by atoms with Crippen LogP contribution in [0.5, 0.6) is 0 Å². The summed E-state index contributed by atoms with van der Waals surface area (Å²) in [6, 6.07) is 0.436. The molecular formula is C11H21NOS. The van der Waals surface area contributed by atoms with Gasteiger partial charge in [-0.05, 0) is 43.8 Å². The van der Waals surface area contributed by atoms with Gasteiger partial charge < -0.3 is 10.5 Å². The van der Waals surface area contributed by atoms with E-state index in [-0.39, 0.29) is 0 Å². The molecule has 0 saturated carbocycles. The Hall–Kier alpha value is 0.270. The van der Waals surface area contributed by atoms with Gasteiger partial charge in [0.25, 0.3) is 0 Å². The molecule has 2 aliphatic heterocycles. The largest absolute Gasteiger partial charge is 0.381 e. The van der Waals surface area contributed by atoms with E-state index in [9.17, 15) is 0 Å². The van der Waals surface area contributed by atoms with Gasteiger partial charge in [-0.3, -0.25) is 0 Å². The van der Waals surface area contributed by atoms with Gasteiger partial charge in [0.15, 0.2) is 0 Å². The summed E-state index contributed by atoms with van der Waals surface area (Å²) in [4.78, 5) is 0. The third-order valence-electron chi connectivity index (χ3n) is 3.39. The van der Waals surface area contributed by atoms with Gasteiger partial charge in [-0.25, -0.2) is 0 Å². The van der Waals surface area contributed by atoms with Crippen molar-refractivity contribution >= 4 is 11.8 Å². The fourth-order valence-electron chi connectivity index (χ4n) is 2.46. The lowest BCUT2D eigenvalue weighted by molar-refractivity contribution is 0.0618. The maximum absolute atomic E-state index is 6.25. The first-order chi connectivity index (χ1) is 6.86. The summed E-state index contributed by atoms with van der Waals surface area (Å²) < 4.78 is 5.36. The van der Waals surface area contributed by atoms with E-state index in [0.717, 1.165) is 24.4 Å². The molecule has 2 fully saturated rings. The smallest absolute Gasteiger partial charge is 0.0468 e. The predicted molar refractivity (Wildman–Crippen MR) is 61.6 cm³/mol. The number of ether oxygens (including phenoxy) is 1. The average Bonchev–Trinajstić information content (AvgIpc) is 2.72. The van der Waals surface area contributed by atoms with Crippen molar-refractivity contribution in [1.82, 2.24) is 0 Å². The number of hydrogen-bond acceptors (Lipinski definition) is 3. The van der Waals surface area contributed by atoms with Gasteiger partial charge in [0.05, 0.1) is 0 Å². The highest BCUT2D eigenvalue weighted by Crippen LogP contribution is 2.31. The lowest BCUT2D eigenvalue weighted by Gasteiger charge is -2.27. The monoisotopic (exact) mass is 215 g/mol. The molecule has 0 radical (unpaired) electrons. The molecule has 2 unspecified atom stereocenters. The quantitative estimate of drug-likeness (QED) is 0.782. The SMILES string of the molecule is NC(CC1CCOCC1)C1CCCS1. The minimum absolute atomic E-state index is 0.436. The van der Waals surface area contributed by atoms with Crippen LogP contribution in [0.15, 0.2) is 0 Å². The Morgan fingerprint density at radius 1 is 1.29 bits per heavy atom. The Balaban J connectivity index is 1.72. The standard InChI is InChI=1S/C11H21NOS/c12-10(11-2-1-7-14-11)8-9-3-5-13-6-4-9/h9-11H,1-8,12H2. The molecule has 0 aromatic carbocycles. The first-order valence-corrected chi connectivity index (χ1v) is 6.86.